The monoisotopic (exact) mass is 308 g/mol. The largest absolute Gasteiger partial charge is 0.271 e. The van der Waals surface area contributed by atoms with Crippen molar-refractivity contribution in [1.29, 1.82) is 0 Å². The first-order valence-corrected chi connectivity index (χ1v) is 9.82. The summed E-state index contributed by atoms with van der Waals surface area (Å²) in [6.07, 6.45) is 5.08. The fourth-order valence-electron chi connectivity index (χ4n) is 3.47. The van der Waals surface area contributed by atoms with Gasteiger partial charge in [-0.3, -0.25) is 11.3 Å². The Kier molecular flexibility index (Phi) is 5.32. The first kappa shape index (κ1) is 14.8. The Hall–Kier alpha value is -0.160. The Morgan fingerprint density at radius 2 is 2.20 bits per heavy atom. The van der Waals surface area contributed by atoms with E-state index in [1.807, 2.05) is 0 Å². The molecule has 1 aromatic carbocycles. The van der Waals surface area contributed by atoms with E-state index in [1.54, 1.807) is 11.1 Å². The number of hydrogen-bond donors (Lipinski definition) is 2. The Bertz CT molecular complexity index is 432. The topological polar surface area (TPSA) is 38.0 Å². The Labute approximate surface area is 130 Å². The molecule has 20 heavy (non-hydrogen) atoms. The maximum atomic E-state index is 5.87. The molecule has 0 amide bonds. The third-order valence-electron chi connectivity index (χ3n) is 4.54. The van der Waals surface area contributed by atoms with E-state index in [-0.39, 0.29) is 0 Å². The molecule has 1 aromatic rings. The number of nitrogens with two attached hydrogens (primary N) is 1. The molecule has 3 rings (SSSR count). The molecule has 0 saturated carbocycles. The van der Waals surface area contributed by atoms with Crippen molar-refractivity contribution < 1.29 is 0 Å². The lowest BCUT2D eigenvalue weighted by Gasteiger charge is -2.34. The SMILES string of the molecule is NNC(CC1CCCc2ccccc21)C1CSCCS1. The van der Waals surface area contributed by atoms with Crippen molar-refractivity contribution in [2.45, 2.75) is 42.9 Å². The highest BCUT2D eigenvalue weighted by molar-refractivity contribution is 8.06. The van der Waals surface area contributed by atoms with Gasteiger partial charge in [-0.25, -0.2) is 0 Å². The van der Waals surface area contributed by atoms with Crippen molar-refractivity contribution in [3.05, 3.63) is 35.4 Å². The fourth-order valence-corrected chi connectivity index (χ4v) is 6.36. The molecule has 0 radical (unpaired) electrons. The summed E-state index contributed by atoms with van der Waals surface area (Å²) < 4.78 is 0. The minimum Gasteiger partial charge on any atom is -0.271 e. The summed E-state index contributed by atoms with van der Waals surface area (Å²) in [4.78, 5) is 0. The quantitative estimate of drug-likeness (QED) is 0.662. The Balaban J connectivity index is 1.70. The van der Waals surface area contributed by atoms with E-state index in [0.29, 0.717) is 17.2 Å². The van der Waals surface area contributed by atoms with E-state index in [9.17, 15) is 0 Å². The molecule has 0 bridgehead atoms. The fraction of sp³-hybridized carbons (Fsp3) is 0.625. The molecule has 1 fully saturated rings. The molecule has 0 spiro atoms. The first-order chi connectivity index (χ1) is 9.88. The minimum atomic E-state index is 0.448. The molecular weight excluding hydrogens is 284 g/mol. The van der Waals surface area contributed by atoms with Crippen LogP contribution in [0, 0.1) is 0 Å². The highest BCUT2D eigenvalue weighted by Crippen LogP contribution is 2.37. The summed E-state index contributed by atoms with van der Waals surface area (Å²) in [6, 6.07) is 9.44. The number of hydrazine groups is 1. The van der Waals surface area contributed by atoms with Gasteiger partial charge in [0.2, 0.25) is 0 Å². The maximum Gasteiger partial charge on any atom is 0.0343 e. The molecule has 3 atom stereocenters. The molecule has 3 N–H and O–H groups in total. The number of benzene rings is 1. The summed E-state index contributed by atoms with van der Waals surface area (Å²) in [7, 11) is 0. The van der Waals surface area contributed by atoms with Crippen LogP contribution < -0.4 is 11.3 Å². The van der Waals surface area contributed by atoms with E-state index in [2.05, 4.69) is 53.2 Å². The molecule has 3 unspecified atom stereocenters. The number of hydrogen-bond acceptors (Lipinski definition) is 4. The van der Waals surface area contributed by atoms with Crippen molar-refractivity contribution in [3.8, 4) is 0 Å². The lowest BCUT2D eigenvalue weighted by Crippen LogP contribution is -2.45. The molecule has 0 aromatic heterocycles. The van der Waals surface area contributed by atoms with Crippen molar-refractivity contribution in [2.75, 3.05) is 17.3 Å². The summed E-state index contributed by atoms with van der Waals surface area (Å²) in [6.45, 7) is 0. The molecule has 1 aliphatic carbocycles. The summed E-state index contributed by atoms with van der Waals surface area (Å²) in [5, 5.41) is 0.674. The molecule has 2 aliphatic rings. The van der Waals surface area contributed by atoms with Crippen LogP contribution in [0.5, 0.6) is 0 Å². The second-order valence-electron chi connectivity index (χ2n) is 5.78. The van der Waals surface area contributed by atoms with Crippen LogP contribution in [0.4, 0.5) is 0 Å². The van der Waals surface area contributed by atoms with Crippen molar-refractivity contribution in [3.63, 3.8) is 0 Å². The second kappa shape index (κ2) is 7.21. The van der Waals surface area contributed by atoms with Gasteiger partial charge >= 0.3 is 0 Å². The first-order valence-electron chi connectivity index (χ1n) is 7.61. The van der Waals surface area contributed by atoms with Crippen LogP contribution in [0.1, 0.15) is 36.3 Å². The average molecular weight is 309 g/mol. The van der Waals surface area contributed by atoms with Crippen LogP contribution in [-0.2, 0) is 6.42 Å². The van der Waals surface area contributed by atoms with E-state index < -0.39 is 0 Å². The molecule has 1 saturated heterocycles. The number of rotatable bonds is 4. The molecule has 110 valence electrons. The van der Waals surface area contributed by atoms with Gasteiger partial charge in [-0.1, -0.05) is 24.3 Å². The molecule has 1 heterocycles. The number of thioether (sulfide) groups is 2. The minimum absolute atomic E-state index is 0.448. The van der Waals surface area contributed by atoms with Crippen LogP contribution in [0.3, 0.4) is 0 Å². The maximum absolute atomic E-state index is 5.87. The Morgan fingerprint density at radius 3 is 3.00 bits per heavy atom. The van der Waals surface area contributed by atoms with Crippen LogP contribution in [-0.4, -0.2) is 28.6 Å². The number of aryl methyl sites for hydroxylation is 1. The van der Waals surface area contributed by atoms with Gasteiger partial charge in [0.05, 0.1) is 0 Å². The van der Waals surface area contributed by atoms with Gasteiger partial charge in [0.15, 0.2) is 0 Å². The van der Waals surface area contributed by atoms with E-state index in [0.717, 1.165) is 0 Å². The standard InChI is InChI=1S/C16H24N2S2/c17-18-15(16-11-19-8-9-20-16)10-13-6-3-5-12-4-1-2-7-14(12)13/h1-2,4,7,13,15-16,18H,3,5-6,8-11,17H2. The number of nitrogens with one attached hydrogen (secondary N) is 1. The third kappa shape index (κ3) is 3.35. The van der Waals surface area contributed by atoms with Crippen LogP contribution >= 0.6 is 23.5 Å². The van der Waals surface area contributed by atoms with E-state index in [1.165, 1.54) is 42.9 Å². The van der Waals surface area contributed by atoms with Crippen LogP contribution in [0.2, 0.25) is 0 Å². The highest BCUT2D eigenvalue weighted by Gasteiger charge is 2.29. The normalized spacial score (nSPS) is 27.9. The zero-order chi connectivity index (χ0) is 13.8. The van der Waals surface area contributed by atoms with Crippen molar-refractivity contribution in [2.24, 2.45) is 5.84 Å². The smallest absolute Gasteiger partial charge is 0.0343 e. The highest BCUT2D eigenvalue weighted by atomic mass is 32.2. The lowest BCUT2D eigenvalue weighted by molar-refractivity contribution is 0.415. The van der Waals surface area contributed by atoms with Gasteiger partial charge in [-0.05, 0) is 42.7 Å². The van der Waals surface area contributed by atoms with E-state index in [4.69, 9.17) is 5.84 Å². The summed E-state index contributed by atoms with van der Waals surface area (Å²) >= 11 is 4.18. The lowest BCUT2D eigenvalue weighted by atomic mass is 9.79. The van der Waals surface area contributed by atoms with Crippen molar-refractivity contribution >= 4 is 23.5 Å². The van der Waals surface area contributed by atoms with Crippen LogP contribution in [0.25, 0.3) is 0 Å². The van der Waals surface area contributed by atoms with Crippen molar-refractivity contribution in [1.82, 2.24) is 5.43 Å². The van der Waals surface area contributed by atoms with Gasteiger partial charge < -0.3 is 0 Å². The Morgan fingerprint density at radius 1 is 1.30 bits per heavy atom. The van der Waals surface area contributed by atoms with Gasteiger partial charge in [0, 0.05) is 28.6 Å². The zero-order valence-corrected chi connectivity index (χ0v) is 13.5. The summed E-state index contributed by atoms with van der Waals surface area (Å²) in [5.74, 6) is 10.4. The molecule has 4 heteroatoms. The second-order valence-corrected chi connectivity index (χ2v) is 8.28. The molecule has 1 aliphatic heterocycles. The predicted molar refractivity (Wildman–Crippen MR) is 91.4 cm³/mol. The van der Waals surface area contributed by atoms with E-state index >= 15 is 0 Å². The third-order valence-corrected chi connectivity index (χ3v) is 7.46. The van der Waals surface area contributed by atoms with Gasteiger partial charge in [0.1, 0.15) is 0 Å². The van der Waals surface area contributed by atoms with Gasteiger partial charge in [-0.2, -0.15) is 23.5 Å². The number of fused-ring (bicyclic) bond motifs is 1. The molecular formula is C16H24N2S2. The predicted octanol–water partition coefficient (Wildman–Crippen LogP) is 3.18. The summed E-state index contributed by atoms with van der Waals surface area (Å²) in [5.41, 5.74) is 6.25. The average Bonchev–Trinajstić information content (AvgIpc) is 2.53. The zero-order valence-electron chi connectivity index (χ0n) is 11.9. The van der Waals surface area contributed by atoms with Gasteiger partial charge in [0.25, 0.3) is 0 Å². The molecule has 2 nitrogen and oxygen atoms in total. The van der Waals surface area contributed by atoms with Crippen LogP contribution in [0.15, 0.2) is 24.3 Å². The van der Waals surface area contributed by atoms with Gasteiger partial charge in [-0.15, -0.1) is 0 Å².